The molecule has 40 heavy (non-hydrogen) atoms. The Labute approximate surface area is 234 Å². The van der Waals surface area contributed by atoms with Gasteiger partial charge >= 0.3 is 0 Å². The van der Waals surface area contributed by atoms with Crippen LogP contribution in [-0.4, -0.2) is 66.0 Å². The molecule has 0 saturated carbocycles. The molecule has 0 radical (unpaired) electrons. The number of pyridine rings is 1. The minimum absolute atomic E-state index is 0.0491. The van der Waals surface area contributed by atoms with Gasteiger partial charge in [0, 0.05) is 55.7 Å². The van der Waals surface area contributed by atoms with Crippen LogP contribution < -0.4 is 9.46 Å². The number of benzene rings is 2. The summed E-state index contributed by atoms with van der Waals surface area (Å²) >= 11 is 0. The van der Waals surface area contributed by atoms with Crippen LogP contribution in [0.5, 0.6) is 5.75 Å². The van der Waals surface area contributed by atoms with Crippen molar-refractivity contribution in [1.29, 1.82) is 0 Å². The minimum atomic E-state index is -3.89. The highest BCUT2D eigenvalue weighted by Crippen LogP contribution is 2.34. The van der Waals surface area contributed by atoms with Crippen molar-refractivity contribution in [3.8, 4) is 5.75 Å². The second-order valence-corrected chi connectivity index (χ2v) is 12.4. The second kappa shape index (κ2) is 10.3. The molecule has 4 heterocycles. The predicted octanol–water partition coefficient (Wildman–Crippen LogP) is 3.95. The lowest BCUT2D eigenvalue weighted by molar-refractivity contribution is -0.134. The summed E-state index contributed by atoms with van der Waals surface area (Å²) in [7, 11) is -2.33. The van der Waals surface area contributed by atoms with Crippen LogP contribution >= 0.6 is 0 Å². The number of anilines is 1. The summed E-state index contributed by atoms with van der Waals surface area (Å²) in [5.74, 6) is 0.660. The quantitative estimate of drug-likeness (QED) is 0.351. The molecule has 2 saturated heterocycles. The van der Waals surface area contributed by atoms with E-state index in [0.717, 1.165) is 24.9 Å². The van der Waals surface area contributed by atoms with Crippen molar-refractivity contribution in [3.63, 3.8) is 0 Å². The maximum Gasteiger partial charge on any atom is 0.262 e. The van der Waals surface area contributed by atoms with Gasteiger partial charge in [-0.25, -0.2) is 8.42 Å². The van der Waals surface area contributed by atoms with E-state index in [1.165, 1.54) is 5.56 Å². The number of hydrogen-bond donors (Lipinski definition) is 1. The van der Waals surface area contributed by atoms with E-state index < -0.39 is 10.0 Å². The third kappa shape index (κ3) is 4.82. The summed E-state index contributed by atoms with van der Waals surface area (Å²) < 4.78 is 37.1. The molecule has 1 N–H and O–H groups in total. The molecule has 10 heteroatoms. The zero-order valence-corrected chi connectivity index (χ0v) is 23.7. The fourth-order valence-corrected chi connectivity index (χ4v) is 7.85. The van der Waals surface area contributed by atoms with Crippen LogP contribution in [0, 0.1) is 13.8 Å². The van der Waals surface area contributed by atoms with Gasteiger partial charge in [0.25, 0.3) is 10.0 Å². The molecule has 2 fully saturated rings. The van der Waals surface area contributed by atoms with E-state index in [1.54, 1.807) is 39.2 Å². The molecule has 2 aromatic heterocycles. The highest BCUT2D eigenvalue weighted by atomic mass is 32.2. The Morgan fingerprint density at radius 3 is 2.48 bits per heavy atom. The Kier molecular flexibility index (Phi) is 6.75. The summed E-state index contributed by atoms with van der Waals surface area (Å²) in [4.78, 5) is 22.3. The summed E-state index contributed by atoms with van der Waals surface area (Å²) in [6.45, 7) is 6.10. The highest BCUT2D eigenvalue weighted by Gasteiger charge is 2.44. The fourth-order valence-electron chi connectivity index (χ4n) is 6.33. The van der Waals surface area contributed by atoms with Crippen molar-refractivity contribution in [2.45, 2.75) is 50.3 Å². The number of likely N-dealkylation sites (tertiary alicyclic amines) is 2. The lowest BCUT2D eigenvalue weighted by atomic mass is 10.1. The maximum atomic E-state index is 13.6. The van der Waals surface area contributed by atoms with Gasteiger partial charge in [0.15, 0.2) is 0 Å². The monoisotopic (exact) mass is 559 g/mol. The average Bonchev–Trinajstić information content (AvgIpc) is 3.63. The first-order valence-corrected chi connectivity index (χ1v) is 14.9. The number of aryl methyl sites for hydroxylation is 2. The largest absolute Gasteiger partial charge is 0.497 e. The molecular weight excluding hydrogens is 526 g/mol. The summed E-state index contributed by atoms with van der Waals surface area (Å²) in [6.07, 6.45) is 6.46. The minimum Gasteiger partial charge on any atom is -0.497 e. The number of piperazine rings is 1. The molecule has 2 atom stereocenters. The maximum absolute atomic E-state index is 13.6. The van der Waals surface area contributed by atoms with Gasteiger partial charge in [-0.3, -0.25) is 19.4 Å². The SMILES string of the molecule is COc1cc(C)c(S(=O)(=O)Nc2cccc3ccn(CC(=O)N4CC5CC4CN5Cc4ccncc4)c23)c(C)c1. The molecule has 2 aliphatic heterocycles. The van der Waals surface area contributed by atoms with E-state index in [2.05, 4.69) is 14.6 Å². The van der Waals surface area contributed by atoms with Crippen LogP contribution in [-0.2, 0) is 27.9 Å². The number of methoxy groups -OCH3 is 1. The summed E-state index contributed by atoms with van der Waals surface area (Å²) in [5.41, 5.74) is 3.56. The number of fused-ring (bicyclic) bond motifs is 3. The molecule has 2 aliphatic rings. The Hall–Kier alpha value is -3.89. The van der Waals surface area contributed by atoms with Gasteiger partial charge in [0.1, 0.15) is 12.3 Å². The predicted molar refractivity (Wildman–Crippen MR) is 154 cm³/mol. The lowest BCUT2D eigenvalue weighted by Crippen LogP contribution is -2.49. The van der Waals surface area contributed by atoms with Crippen molar-refractivity contribution in [2.75, 3.05) is 24.9 Å². The molecule has 2 bridgehead atoms. The normalized spacial score (nSPS) is 18.9. The third-order valence-electron chi connectivity index (χ3n) is 8.09. The van der Waals surface area contributed by atoms with Gasteiger partial charge in [0.05, 0.1) is 23.2 Å². The third-order valence-corrected chi connectivity index (χ3v) is 9.76. The Morgan fingerprint density at radius 1 is 1.05 bits per heavy atom. The number of carbonyl (C=O) groups is 1. The van der Waals surface area contributed by atoms with E-state index in [1.807, 2.05) is 58.4 Å². The first kappa shape index (κ1) is 26.3. The molecule has 208 valence electrons. The van der Waals surface area contributed by atoms with Crippen LogP contribution in [0.25, 0.3) is 10.9 Å². The van der Waals surface area contributed by atoms with Crippen LogP contribution in [0.1, 0.15) is 23.1 Å². The van der Waals surface area contributed by atoms with Gasteiger partial charge in [-0.15, -0.1) is 0 Å². The number of amides is 1. The van der Waals surface area contributed by atoms with Crippen LogP contribution in [0.3, 0.4) is 0 Å². The first-order valence-electron chi connectivity index (χ1n) is 13.4. The molecule has 0 aliphatic carbocycles. The van der Waals surface area contributed by atoms with Crippen LogP contribution in [0.2, 0.25) is 0 Å². The number of hydrogen-bond acceptors (Lipinski definition) is 6. The number of nitrogens with zero attached hydrogens (tertiary/aromatic N) is 4. The Bertz CT molecular complexity index is 1660. The zero-order chi connectivity index (χ0) is 28.0. The number of carbonyl (C=O) groups excluding carboxylic acids is 1. The summed E-state index contributed by atoms with van der Waals surface area (Å²) in [5, 5.41) is 0.864. The molecule has 2 unspecified atom stereocenters. The van der Waals surface area contributed by atoms with E-state index in [9.17, 15) is 13.2 Å². The molecule has 4 aromatic rings. The number of sulfonamides is 1. The number of ether oxygens (including phenoxy) is 1. The van der Waals surface area contributed by atoms with Gasteiger partial charge in [-0.2, -0.15) is 0 Å². The number of aromatic nitrogens is 2. The van der Waals surface area contributed by atoms with Gasteiger partial charge < -0.3 is 14.2 Å². The molecule has 1 amide bonds. The summed E-state index contributed by atoms with van der Waals surface area (Å²) in [6, 6.07) is 15.4. The van der Waals surface area contributed by atoms with E-state index >= 15 is 0 Å². The molecule has 0 spiro atoms. The molecular formula is C30H33N5O4S. The fraction of sp³-hybridized carbons (Fsp3) is 0.333. The number of rotatable bonds is 8. The Morgan fingerprint density at radius 2 is 1.80 bits per heavy atom. The van der Waals surface area contributed by atoms with Crippen molar-refractivity contribution < 1.29 is 17.9 Å². The highest BCUT2D eigenvalue weighted by molar-refractivity contribution is 7.92. The first-order chi connectivity index (χ1) is 19.2. The molecule has 9 nitrogen and oxygen atoms in total. The molecule has 2 aromatic carbocycles. The van der Waals surface area contributed by atoms with Gasteiger partial charge in [-0.1, -0.05) is 12.1 Å². The lowest BCUT2D eigenvalue weighted by Gasteiger charge is -2.34. The number of para-hydroxylation sites is 1. The van der Waals surface area contributed by atoms with Crippen molar-refractivity contribution in [2.24, 2.45) is 0 Å². The number of nitrogens with one attached hydrogen (secondary N) is 1. The van der Waals surface area contributed by atoms with Crippen LogP contribution in [0.15, 0.2) is 72.0 Å². The van der Waals surface area contributed by atoms with Crippen molar-refractivity contribution in [3.05, 3.63) is 83.8 Å². The second-order valence-electron chi connectivity index (χ2n) is 10.8. The smallest absolute Gasteiger partial charge is 0.262 e. The van der Waals surface area contributed by atoms with Crippen LogP contribution in [0.4, 0.5) is 5.69 Å². The van der Waals surface area contributed by atoms with E-state index in [4.69, 9.17) is 4.74 Å². The topological polar surface area (TPSA) is 96.8 Å². The molecule has 6 rings (SSSR count). The van der Waals surface area contributed by atoms with Crippen molar-refractivity contribution >= 4 is 32.5 Å². The zero-order valence-electron chi connectivity index (χ0n) is 22.9. The Balaban J connectivity index is 1.20. The standard InChI is InChI=1S/C30H33N5O4S/c1-20-13-26(39-3)14-21(2)30(20)40(37,38)32-27-6-4-5-23-9-12-33(29(23)27)19-28(36)35-18-24-15-25(35)17-34(24)16-22-7-10-31-11-8-22/h4-14,24-25,32H,15-19H2,1-3H3. The van der Waals surface area contributed by atoms with Gasteiger partial charge in [-0.05, 0) is 73.4 Å². The average molecular weight is 560 g/mol. The van der Waals surface area contributed by atoms with E-state index in [-0.39, 0.29) is 23.4 Å². The van der Waals surface area contributed by atoms with Gasteiger partial charge in [0.2, 0.25) is 5.91 Å². The van der Waals surface area contributed by atoms with Crippen molar-refractivity contribution in [1.82, 2.24) is 19.4 Å². The van der Waals surface area contributed by atoms with E-state index in [0.29, 0.717) is 40.7 Å².